The fourth-order valence-corrected chi connectivity index (χ4v) is 5.41. The lowest BCUT2D eigenvalue weighted by Gasteiger charge is -2.39. The molecule has 0 unspecified atom stereocenters. The number of carbonyl (C=O) groups is 1. The number of hydrogen-bond acceptors (Lipinski definition) is 4. The van der Waals surface area contributed by atoms with Gasteiger partial charge >= 0.3 is 5.97 Å². The minimum Gasteiger partial charge on any atom is -0.497 e. The molecule has 0 spiro atoms. The highest BCUT2D eigenvalue weighted by molar-refractivity contribution is 5.70. The highest BCUT2D eigenvalue weighted by atomic mass is 19.1. The molecule has 4 rings (SSSR count). The molecule has 3 atom stereocenters. The van der Waals surface area contributed by atoms with E-state index in [0.29, 0.717) is 35.8 Å². The summed E-state index contributed by atoms with van der Waals surface area (Å²) in [6.07, 6.45) is 3.62. The summed E-state index contributed by atoms with van der Waals surface area (Å²) in [5.41, 5.74) is 4.38. The lowest BCUT2D eigenvalue weighted by Crippen LogP contribution is -2.43. The molecule has 1 saturated heterocycles. The van der Waals surface area contributed by atoms with Crippen LogP contribution in [0.2, 0.25) is 0 Å². The lowest BCUT2D eigenvalue weighted by molar-refractivity contribution is -0.137. The Hall–Kier alpha value is -3.38. The Kier molecular flexibility index (Phi) is 9.05. The number of carboxylic acid groups (broad SMARTS) is 1. The van der Waals surface area contributed by atoms with E-state index in [1.54, 1.807) is 19.2 Å². The first-order valence-electron chi connectivity index (χ1n) is 13.4. The maximum absolute atomic E-state index is 15.0. The van der Waals surface area contributed by atoms with Gasteiger partial charge < -0.3 is 14.6 Å². The summed E-state index contributed by atoms with van der Waals surface area (Å²) >= 11 is 0. The van der Waals surface area contributed by atoms with E-state index in [9.17, 15) is 4.79 Å². The van der Waals surface area contributed by atoms with Crippen molar-refractivity contribution in [2.45, 2.75) is 77.6 Å². The summed E-state index contributed by atoms with van der Waals surface area (Å²) in [6.45, 7) is 7.53. The van der Waals surface area contributed by atoms with Crippen molar-refractivity contribution in [2.24, 2.45) is 0 Å². The number of aliphatic carboxylic acids is 1. The zero-order valence-electron chi connectivity index (χ0n) is 22.7. The number of nitrogens with zero attached hydrogens (tertiary/aromatic N) is 1. The number of piperidine rings is 1. The molecule has 202 valence electrons. The summed E-state index contributed by atoms with van der Waals surface area (Å²) < 4.78 is 26.5. The molecule has 0 saturated carbocycles. The van der Waals surface area contributed by atoms with Crippen LogP contribution in [0.4, 0.5) is 4.39 Å². The Bertz CT molecular complexity index is 1250. The number of hydrogen-bond donors (Lipinski definition) is 1. The number of methoxy groups -OCH3 is 1. The van der Waals surface area contributed by atoms with Gasteiger partial charge in [0.15, 0.2) is 0 Å². The molecular weight excluding hydrogens is 481 g/mol. The van der Waals surface area contributed by atoms with Gasteiger partial charge in [-0.05, 0) is 85.2 Å². The van der Waals surface area contributed by atoms with Gasteiger partial charge in [0, 0.05) is 24.2 Å². The van der Waals surface area contributed by atoms with Gasteiger partial charge in [-0.15, -0.1) is 0 Å². The Morgan fingerprint density at radius 3 is 2.50 bits per heavy atom. The molecule has 38 heavy (non-hydrogen) atoms. The van der Waals surface area contributed by atoms with Crippen LogP contribution in [0, 0.1) is 5.82 Å². The highest BCUT2D eigenvalue weighted by Crippen LogP contribution is 2.34. The Balaban J connectivity index is 1.62. The summed E-state index contributed by atoms with van der Waals surface area (Å²) in [4.78, 5) is 13.6. The van der Waals surface area contributed by atoms with E-state index in [1.807, 2.05) is 43.3 Å². The van der Waals surface area contributed by atoms with Crippen molar-refractivity contribution in [3.05, 3.63) is 83.2 Å². The maximum atomic E-state index is 15.0. The third-order valence-electron chi connectivity index (χ3n) is 7.68. The van der Waals surface area contributed by atoms with Gasteiger partial charge in [-0.3, -0.25) is 9.69 Å². The van der Waals surface area contributed by atoms with Crippen molar-refractivity contribution in [3.8, 4) is 22.6 Å². The van der Waals surface area contributed by atoms with Crippen molar-refractivity contribution < 1.29 is 23.8 Å². The molecule has 0 aromatic heterocycles. The SMILES string of the molecule is COc1ccc(F)c(-c2ccc(COc3cccc([C@H](C)CC(=O)O)c3)cc2CN2[C@@H](C)CCC[C@@H]2C)c1. The van der Waals surface area contributed by atoms with Crippen molar-refractivity contribution in [3.63, 3.8) is 0 Å². The molecule has 0 radical (unpaired) electrons. The molecule has 0 aliphatic carbocycles. The predicted molar refractivity (Wildman–Crippen MR) is 148 cm³/mol. The summed E-state index contributed by atoms with van der Waals surface area (Å²) in [5, 5.41) is 9.13. The smallest absolute Gasteiger partial charge is 0.303 e. The number of likely N-dealkylation sites (tertiary alicyclic amines) is 1. The minimum atomic E-state index is -0.818. The molecule has 3 aromatic carbocycles. The average Bonchev–Trinajstić information content (AvgIpc) is 2.90. The first-order chi connectivity index (χ1) is 18.2. The van der Waals surface area contributed by atoms with Crippen LogP contribution in [-0.2, 0) is 17.9 Å². The molecule has 6 heteroatoms. The van der Waals surface area contributed by atoms with E-state index >= 15 is 4.39 Å². The van der Waals surface area contributed by atoms with E-state index in [0.717, 1.165) is 41.6 Å². The lowest BCUT2D eigenvalue weighted by atomic mass is 9.93. The monoisotopic (exact) mass is 519 g/mol. The van der Waals surface area contributed by atoms with E-state index in [-0.39, 0.29) is 18.2 Å². The Labute approximate surface area is 225 Å². The number of halogens is 1. The van der Waals surface area contributed by atoms with Crippen LogP contribution in [0.15, 0.2) is 60.7 Å². The molecule has 1 fully saturated rings. The van der Waals surface area contributed by atoms with E-state index in [1.165, 1.54) is 12.5 Å². The van der Waals surface area contributed by atoms with Gasteiger partial charge in [-0.25, -0.2) is 4.39 Å². The fraction of sp³-hybridized carbons (Fsp3) is 0.406. The largest absolute Gasteiger partial charge is 0.497 e. The van der Waals surface area contributed by atoms with Crippen LogP contribution >= 0.6 is 0 Å². The van der Waals surface area contributed by atoms with E-state index in [2.05, 4.69) is 24.8 Å². The zero-order valence-corrected chi connectivity index (χ0v) is 22.7. The van der Waals surface area contributed by atoms with E-state index in [4.69, 9.17) is 14.6 Å². The fourth-order valence-electron chi connectivity index (χ4n) is 5.41. The van der Waals surface area contributed by atoms with Gasteiger partial charge in [0.2, 0.25) is 0 Å². The summed E-state index contributed by atoms with van der Waals surface area (Å²) in [6, 6.07) is 19.5. The van der Waals surface area contributed by atoms with Crippen LogP contribution in [0.3, 0.4) is 0 Å². The zero-order chi connectivity index (χ0) is 27.2. The van der Waals surface area contributed by atoms with Gasteiger partial charge in [0.1, 0.15) is 23.9 Å². The first-order valence-corrected chi connectivity index (χ1v) is 13.4. The minimum absolute atomic E-state index is 0.0719. The van der Waals surface area contributed by atoms with Crippen LogP contribution in [0.1, 0.15) is 69.1 Å². The van der Waals surface area contributed by atoms with Crippen molar-refractivity contribution in [1.82, 2.24) is 4.90 Å². The molecule has 3 aromatic rings. The second-order valence-electron chi connectivity index (χ2n) is 10.5. The number of carboxylic acids is 1. The van der Waals surface area contributed by atoms with Crippen LogP contribution < -0.4 is 9.47 Å². The second-order valence-corrected chi connectivity index (χ2v) is 10.5. The maximum Gasteiger partial charge on any atom is 0.303 e. The Morgan fingerprint density at radius 1 is 1.03 bits per heavy atom. The molecule has 0 amide bonds. The normalized spacial score (nSPS) is 18.7. The molecule has 0 bridgehead atoms. The van der Waals surface area contributed by atoms with Crippen molar-refractivity contribution in [1.29, 1.82) is 0 Å². The number of rotatable bonds is 10. The number of ether oxygens (including phenoxy) is 2. The molecular formula is C32H38FNO4. The number of benzene rings is 3. The van der Waals surface area contributed by atoms with E-state index < -0.39 is 5.97 Å². The molecule has 5 nitrogen and oxygen atoms in total. The molecule has 1 aliphatic rings. The first kappa shape index (κ1) is 27.6. The standard InChI is InChI=1S/C32H38FNO4/c1-21(15-32(35)36)25-9-6-10-28(17-25)38-20-24-11-13-29(30-18-27(37-4)12-14-31(30)33)26(16-24)19-34-22(2)7-5-8-23(34)3/h6,9-14,16-18,21-23H,5,7-8,15,19-20H2,1-4H3,(H,35,36)/t21-,22+,23+/m1/s1. The van der Waals surface area contributed by atoms with Crippen molar-refractivity contribution >= 4 is 5.97 Å². The van der Waals surface area contributed by atoms with Gasteiger partial charge in [0.25, 0.3) is 0 Å². The average molecular weight is 520 g/mol. The third kappa shape index (κ3) is 6.73. The topological polar surface area (TPSA) is 59.0 Å². The molecule has 1 heterocycles. The van der Waals surface area contributed by atoms with Crippen molar-refractivity contribution in [2.75, 3.05) is 7.11 Å². The highest BCUT2D eigenvalue weighted by Gasteiger charge is 2.26. The van der Waals surface area contributed by atoms with Crippen LogP contribution in [-0.4, -0.2) is 35.2 Å². The molecule has 1 aliphatic heterocycles. The summed E-state index contributed by atoms with van der Waals surface area (Å²) in [5.74, 6) is 0.122. The van der Waals surface area contributed by atoms with Gasteiger partial charge in [-0.1, -0.05) is 43.7 Å². The van der Waals surface area contributed by atoms with Crippen LogP contribution in [0.5, 0.6) is 11.5 Å². The van der Waals surface area contributed by atoms with Crippen LogP contribution in [0.25, 0.3) is 11.1 Å². The second kappa shape index (κ2) is 12.4. The van der Waals surface area contributed by atoms with Gasteiger partial charge in [0.05, 0.1) is 13.5 Å². The van der Waals surface area contributed by atoms with Gasteiger partial charge in [-0.2, -0.15) is 0 Å². The quantitative estimate of drug-likeness (QED) is 0.302. The Morgan fingerprint density at radius 2 is 1.79 bits per heavy atom. The third-order valence-corrected chi connectivity index (χ3v) is 7.68. The molecule has 1 N–H and O–H groups in total. The summed E-state index contributed by atoms with van der Waals surface area (Å²) in [7, 11) is 1.59. The predicted octanol–water partition coefficient (Wildman–Crippen LogP) is 7.42.